The number of halogens is 3. The van der Waals surface area contributed by atoms with Crippen LogP contribution in [0, 0.1) is 0 Å². The molecule has 7 nitrogen and oxygen atoms in total. The highest BCUT2D eigenvalue weighted by molar-refractivity contribution is 5.96. The number of nitrogens with two attached hydrogens (primary N) is 1. The molecular formula is C21H23F3N2O5. The van der Waals surface area contributed by atoms with E-state index in [1.807, 2.05) is 0 Å². The Bertz CT molecular complexity index is 914. The van der Waals surface area contributed by atoms with Crippen molar-refractivity contribution >= 4 is 17.6 Å². The minimum Gasteiger partial charge on any atom is -0.493 e. The molecule has 2 aromatic carbocycles. The number of nitrogen functional groups attached to an aromatic ring is 1. The zero-order chi connectivity index (χ0) is 23.0. The summed E-state index contributed by atoms with van der Waals surface area (Å²) in [7, 11) is 2.67. The second kappa shape index (κ2) is 10.6. The maximum Gasteiger partial charge on any atom is 0.416 e. The normalized spacial score (nSPS) is 11.0. The molecule has 168 valence electrons. The Labute approximate surface area is 177 Å². The van der Waals surface area contributed by atoms with E-state index < -0.39 is 17.7 Å². The molecule has 0 aliphatic rings. The summed E-state index contributed by atoms with van der Waals surface area (Å²) in [6, 6.07) is 7.31. The van der Waals surface area contributed by atoms with Gasteiger partial charge in [-0.3, -0.25) is 4.79 Å². The maximum absolute atomic E-state index is 12.6. The van der Waals surface area contributed by atoms with Crippen molar-refractivity contribution in [1.82, 2.24) is 5.32 Å². The van der Waals surface area contributed by atoms with Crippen molar-refractivity contribution in [3.63, 3.8) is 0 Å². The van der Waals surface area contributed by atoms with Crippen LogP contribution in [0.3, 0.4) is 0 Å². The highest BCUT2D eigenvalue weighted by atomic mass is 19.4. The number of rotatable bonds is 9. The fraction of sp³-hybridized carbons (Fsp3) is 0.333. The molecule has 10 heteroatoms. The van der Waals surface area contributed by atoms with Crippen molar-refractivity contribution in [2.24, 2.45) is 0 Å². The third-order valence-electron chi connectivity index (χ3n) is 4.29. The van der Waals surface area contributed by atoms with Gasteiger partial charge in [-0.2, -0.15) is 13.2 Å². The van der Waals surface area contributed by atoms with E-state index in [1.54, 1.807) is 0 Å². The van der Waals surface area contributed by atoms with Crippen LogP contribution in [-0.4, -0.2) is 39.2 Å². The van der Waals surface area contributed by atoms with Crippen LogP contribution in [0.15, 0.2) is 36.4 Å². The van der Waals surface area contributed by atoms with Gasteiger partial charge in [0.25, 0.3) is 0 Å². The molecule has 0 heterocycles. The van der Waals surface area contributed by atoms with Gasteiger partial charge in [0.2, 0.25) is 5.91 Å². The molecule has 31 heavy (non-hydrogen) atoms. The number of ether oxygens (including phenoxy) is 3. The van der Waals surface area contributed by atoms with Crippen LogP contribution in [0.5, 0.6) is 11.5 Å². The first-order valence-corrected chi connectivity index (χ1v) is 9.27. The lowest BCUT2D eigenvalue weighted by molar-refractivity contribution is -0.137. The van der Waals surface area contributed by atoms with E-state index in [4.69, 9.17) is 15.2 Å². The van der Waals surface area contributed by atoms with Crippen LogP contribution >= 0.6 is 0 Å². The van der Waals surface area contributed by atoms with Gasteiger partial charge >= 0.3 is 12.1 Å². The smallest absolute Gasteiger partial charge is 0.416 e. The van der Waals surface area contributed by atoms with Crippen molar-refractivity contribution < 1.29 is 37.0 Å². The van der Waals surface area contributed by atoms with Crippen molar-refractivity contribution in [2.45, 2.75) is 19.0 Å². The Morgan fingerprint density at radius 2 is 1.74 bits per heavy atom. The Balaban J connectivity index is 1.81. The second-order valence-corrected chi connectivity index (χ2v) is 6.51. The number of esters is 1. The number of anilines is 1. The van der Waals surface area contributed by atoms with Gasteiger partial charge in [0.05, 0.1) is 44.1 Å². The topological polar surface area (TPSA) is 99.9 Å². The van der Waals surface area contributed by atoms with Gasteiger partial charge in [-0.25, -0.2) is 4.79 Å². The number of carbonyl (C=O) groups excluding carboxylic acids is 2. The number of benzene rings is 2. The summed E-state index contributed by atoms with van der Waals surface area (Å²) in [6.45, 7) is 0.502. The third-order valence-corrected chi connectivity index (χ3v) is 4.29. The summed E-state index contributed by atoms with van der Waals surface area (Å²) in [6.07, 6.45) is -4.00. The predicted molar refractivity (Wildman–Crippen MR) is 107 cm³/mol. The summed E-state index contributed by atoms with van der Waals surface area (Å²) in [5.41, 5.74) is 5.85. The van der Waals surface area contributed by atoms with Crippen LogP contribution in [0.1, 0.15) is 27.9 Å². The lowest BCUT2D eigenvalue weighted by Gasteiger charge is -2.14. The van der Waals surface area contributed by atoms with E-state index in [9.17, 15) is 22.8 Å². The standard InChI is InChI=1S/C21H23F3N2O5/c1-29-17-12-16(25)15(20(28)30-2)11-18(17)31-9-3-8-26-19(27)10-13-4-6-14(7-5-13)21(22,23)24/h4-7,11-12H,3,8-10,25H2,1-2H3,(H,26,27). The first-order chi connectivity index (χ1) is 14.7. The van der Waals surface area contributed by atoms with Crippen molar-refractivity contribution in [3.8, 4) is 11.5 Å². The van der Waals surface area contributed by atoms with E-state index in [2.05, 4.69) is 10.1 Å². The first-order valence-electron chi connectivity index (χ1n) is 9.27. The number of carbonyl (C=O) groups is 2. The van der Waals surface area contributed by atoms with Crippen LogP contribution in [0.2, 0.25) is 0 Å². The second-order valence-electron chi connectivity index (χ2n) is 6.51. The molecule has 0 unspecified atom stereocenters. The van der Waals surface area contributed by atoms with E-state index in [1.165, 1.54) is 38.5 Å². The summed E-state index contributed by atoms with van der Waals surface area (Å²) in [5.74, 6) is -0.289. The van der Waals surface area contributed by atoms with Crippen molar-refractivity contribution in [2.75, 3.05) is 33.1 Å². The molecule has 0 aromatic heterocycles. The van der Waals surface area contributed by atoms with Gasteiger partial charge < -0.3 is 25.3 Å². The monoisotopic (exact) mass is 440 g/mol. The van der Waals surface area contributed by atoms with Gasteiger partial charge in [0, 0.05) is 18.7 Å². The number of alkyl halides is 3. The number of amides is 1. The Morgan fingerprint density at radius 1 is 1.06 bits per heavy atom. The van der Waals surface area contributed by atoms with Gasteiger partial charge in [-0.1, -0.05) is 12.1 Å². The fourth-order valence-electron chi connectivity index (χ4n) is 2.68. The third kappa shape index (κ3) is 6.80. The summed E-state index contributed by atoms with van der Waals surface area (Å²) in [5, 5.41) is 2.67. The number of methoxy groups -OCH3 is 2. The molecular weight excluding hydrogens is 417 g/mol. The van der Waals surface area contributed by atoms with Crippen LogP contribution in [0.25, 0.3) is 0 Å². The molecule has 0 bridgehead atoms. The number of hydrogen-bond donors (Lipinski definition) is 2. The lowest BCUT2D eigenvalue weighted by Crippen LogP contribution is -2.27. The zero-order valence-electron chi connectivity index (χ0n) is 17.0. The maximum atomic E-state index is 12.6. The highest BCUT2D eigenvalue weighted by Gasteiger charge is 2.29. The van der Waals surface area contributed by atoms with Gasteiger partial charge in [0.15, 0.2) is 11.5 Å². The van der Waals surface area contributed by atoms with Crippen molar-refractivity contribution in [1.29, 1.82) is 0 Å². The minimum atomic E-state index is -4.41. The molecule has 0 saturated carbocycles. The quantitative estimate of drug-likeness (QED) is 0.353. The van der Waals surface area contributed by atoms with Gasteiger partial charge in [-0.05, 0) is 24.1 Å². The summed E-state index contributed by atoms with van der Waals surface area (Å²) in [4.78, 5) is 23.7. The van der Waals surface area contributed by atoms with Crippen molar-refractivity contribution in [3.05, 3.63) is 53.1 Å². The highest BCUT2D eigenvalue weighted by Crippen LogP contribution is 2.32. The minimum absolute atomic E-state index is 0.0345. The molecule has 2 aromatic rings. The SMILES string of the molecule is COC(=O)c1cc(OCCCNC(=O)Cc2ccc(C(F)(F)F)cc2)c(OC)cc1N. The molecule has 0 aliphatic carbocycles. The Hall–Kier alpha value is -3.43. The van der Waals surface area contributed by atoms with Crippen LogP contribution in [-0.2, 0) is 22.1 Å². The molecule has 0 saturated heterocycles. The number of hydrogen-bond acceptors (Lipinski definition) is 6. The molecule has 3 N–H and O–H groups in total. The van der Waals surface area contributed by atoms with E-state index in [0.29, 0.717) is 30.0 Å². The van der Waals surface area contributed by atoms with E-state index in [-0.39, 0.29) is 30.2 Å². The molecule has 0 spiro atoms. The molecule has 0 aliphatic heterocycles. The summed E-state index contributed by atoms with van der Waals surface area (Å²) >= 11 is 0. The molecule has 0 atom stereocenters. The predicted octanol–water partition coefficient (Wildman–Crippen LogP) is 3.21. The number of nitrogens with one attached hydrogen (secondary N) is 1. The van der Waals surface area contributed by atoms with E-state index in [0.717, 1.165) is 12.1 Å². The average molecular weight is 440 g/mol. The Morgan fingerprint density at radius 3 is 2.32 bits per heavy atom. The molecule has 2 rings (SSSR count). The molecule has 0 fully saturated rings. The summed E-state index contributed by atoms with van der Waals surface area (Å²) < 4.78 is 53.2. The molecule has 0 radical (unpaired) electrons. The van der Waals surface area contributed by atoms with Gasteiger partial charge in [-0.15, -0.1) is 0 Å². The lowest BCUT2D eigenvalue weighted by atomic mass is 10.1. The molecule has 1 amide bonds. The van der Waals surface area contributed by atoms with E-state index >= 15 is 0 Å². The Kier molecular flexibility index (Phi) is 8.12. The largest absolute Gasteiger partial charge is 0.493 e. The first kappa shape index (κ1) is 23.8. The van der Waals surface area contributed by atoms with Crippen LogP contribution < -0.4 is 20.5 Å². The van der Waals surface area contributed by atoms with Gasteiger partial charge in [0.1, 0.15) is 0 Å². The average Bonchev–Trinajstić information content (AvgIpc) is 2.73. The zero-order valence-corrected chi connectivity index (χ0v) is 17.0. The van der Waals surface area contributed by atoms with Crippen LogP contribution in [0.4, 0.5) is 18.9 Å². The fourth-order valence-corrected chi connectivity index (χ4v) is 2.68.